The van der Waals surface area contributed by atoms with Gasteiger partial charge in [-0.2, -0.15) is 0 Å². The maximum Gasteiger partial charge on any atom is 0.239 e. The SMILES string of the molecule is [2H]CN(C[2H])C(=O)[C@@H]1C[C@H](Oc2cc3c(Nc4ccc5[nH]ccc5c4)ncnc3cc2OC)CN1C[2H]. The second kappa shape index (κ2) is 8.83. The summed E-state index contributed by atoms with van der Waals surface area (Å²) in [6.45, 7) is 0.373. The van der Waals surface area contributed by atoms with Crippen molar-refractivity contribution in [1.82, 2.24) is 24.8 Å². The van der Waals surface area contributed by atoms with Crippen molar-refractivity contribution in [1.29, 1.82) is 0 Å². The van der Waals surface area contributed by atoms with E-state index in [1.807, 2.05) is 36.5 Å². The van der Waals surface area contributed by atoms with Gasteiger partial charge in [0.25, 0.3) is 0 Å². The molecule has 2 aromatic carbocycles. The highest BCUT2D eigenvalue weighted by atomic mass is 16.5. The van der Waals surface area contributed by atoms with E-state index in [1.54, 1.807) is 18.1 Å². The Balaban J connectivity index is 1.42. The Morgan fingerprint density at radius 1 is 1.24 bits per heavy atom. The Kier molecular flexibility index (Phi) is 4.82. The van der Waals surface area contributed by atoms with Crippen LogP contribution >= 0.6 is 0 Å². The molecule has 5 rings (SSSR count). The van der Waals surface area contributed by atoms with Crippen molar-refractivity contribution in [3.05, 3.63) is 48.9 Å². The van der Waals surface area contributed by atoms with Crippen LogP contribution < -0.4 is 14.8 Å². The quantitative estimate of drug-likeness (QED) is 0.452. The molecule has 0 radical (unpaired) electrons. The molecule has 1 amide bonds. The summed E-state index contributed by atoms with van der Waals surface area (Å²) in [6, 6.07) is 11.0. The largest absolute Gasteiger partial charge is 0.493 e. The average Bonchev–Trinajstić information content (AvgIpc) is 3.55. The second-order valence-electron chi connectivity index (χ2n) is 8.29. The fraction of sp³-hybridized carbons (Fsp3) is 0.320. The van der Waals surface area contributed by atoms with Gasteiger partial charge < -0.3 is 24.7 Å². The van der Waals surface area contributed by atoms with Crippen LogP contribution in [0.1, 0.15) is 10.5 Å². The number of H-pyrrole nitrogens is 1. The molecule has 4 aromatic rings. The van der Waals surface area contributed by atoms with Crippen LogP contribution in [0.15, 0.2) is 48.9 Å². The molecule has 0 saturated carbocycles. The van der Waals surface area contributed by atoms with Crippen LogP contribution in [0.3, 0.4) is 0 Å². The molecule has 9 heteroatoms. The Hall–Kier alpha value is -3.85. The number of ether oxygens (including phenoxy) is 2. The zero-order chi connectivity index (χ0) is 25.9. The van der Waals surface area contributed by atoms with Crippen molar-refractivity contribution in [3.8, 4) is 11.5 Å². The normalized spacial score (nSPS) is 19.5. The summed E-state index contributed by atoms with van der Waals surface area (Å²) in [7, 11) is 0.892. The monoisotopic (exact) mass is 463 g/mol. The molecule has 1 fully saturated rings. The summed E-state index contributed by atoms with van der Waals surface area (Å²) in [4.78, 5) is 27.7. The molecule has 176 valence electrons. The summed E-state index contributed by atoms with van der Waals surface area (Å²) in [5.41, 5.74) is 2.60. The van der Waals surface area contributed by atoms with E-state index in [-0.39, 0.29) is 33.1 Å². The molecule has 9 nitrogen and oxygen atoms in total. The lowest BCUT2D eigenvalue weighted by atomic mass is 10.1. The molecule has 0 unspecified atom stereocenters. The van der Waals surface area contributed by atoms with Crippen LogP contribution in [-0.2, 0) is 4.79 Å². The van der Waals surface area contributed by atoms with Gasteiger partial charge in [-0.15, -0.1) is 0 Å². The first-order valence-corrected chi connectivity index (χ1v) is 10.8. The van der Waals surface area contributed by atoms with Gasteiger partial charge in [0, 0.05) is 65.4 Å². The van der Waals surface area contributed by atoms with Gasteiger partial charge in [-0.3, -0.25) is 9.69 Å². The number of likely N-dealkylation sites (tertiary alicyclic amines) is 1. The van der Waals surface area contributed by atoms with Gasteiger partial charge in [-0.1, -0.05) is 0 Å². The molecular weight excluding hydrogens is 432 g/mol. The zero-order valence-corrected chi connectivity index (χ0v) is 18.8. The maximum absolute atomic E-state index is 12.8. The average molecular weight is 464 g/mol. The van der Waals surface area contributed by atoms with E-state index < -0.39 is 6.04 Å². The van der Waals surface area contributed by atoms with Gasteiger partial charge in [-0.25, -0.2) is 9.97 Å². The minimum absolute atomic E-state index is 0.0810. The molecule has 34 heavy (non-hydrogen) atoms. The number of likely N-dealkylation sites (N-methyl/N-ethyl adjacent to an activating group) is 2. The molecule has 2 N–H and O–H groups in total. The van der Waals surface area contributed by atoms with Gasteiger partial charge in [0.2, 0.25) is 5.91 Å². The van der Waals surface area contributed by atoms with E-state index in [2.05, 4.69) is 20.3 Å². The number of hydrogen-bond donors (Lipinski definition) is 2. The highest BCUT2D eigenvalue weighted by Crippen LogP contribution is 2.36. The van der Waals surface area contributed by atoms with E-state index in [0.717, 1.165) is 26.9 Å². The van der Waals surface area contributed by atoms with Gasteiger partial charge in [0.15, 0.2) is 11.5 Å². The number of anilines is 2. The fourth-order valence-corrected chi connectivity index (χ4v) is 4.28. The molecule has 3 heterocycles. The minimum Gasteiger partial charge on any atom is -0.493 e. The Morgan fingerprint density at radius 3 is 2.97 bits per heavy atom. The number of fused-ring (bicyclic) bond motifs is 2. The smallest absolute Gasteiger partial charge is 0.239 e. The first-order valence-electron chi connectivity index (χ1n) is 12.9. The Bertz CT molecular complexity index is 1410. The lowest BCUT2D eigenvalue weighted by Gasteiger charge is -2.21. The fourth-order valence-electron chi connectivity index (χ4n) is 4.28. The highest BCUT2D eigenvalue weighted by molar-refractivity contribution is 5.94. The lowest BCUT2D eigenvalue weighted by Crippen LogP contribution is -2.40. The standard InChI is InChI=1S/C25H28N6O3/c1-30(2)25(32)21-10-17(13-31(21)3)34-23-11-18-20(12-22(23)33-4)27-14-28-24(18)29-16-5-6-19-15(9-16)7-8-26-19/h5-9,11-12,14,17,21,26H,10,13H2,1-4H3,(H,27,28,29)/t17-,21-/m0/s1/i1D,2D,3D. The molecule has 2 aromatic heterocycles. The summed E-state index contributed by atoms with van der Waals surface area (Å²) >= 11 is 0. The Labute approximate surface area is 201 Å². The van der Waals surface area contributed by atoms with Crippen LogP contribution in [0, 0.1) is 0 Å². The summed E-state index contributed by atoms with van der Waals surface area (Å²) in [6.07, 6.45) is 3.36. The van der Waals surface area contributed by atoms with Crippen molar-refractivity contribution in [2.24, 2.45) is 0 Å². The number of aromatic amines is 1. The van der Waals surface area contributed by atoms with Crippen LogP contribution in [0.5, 0.6) is 11.5 Å². The van der Waals surface area contributed by atoms with Gasteiger partial charge in [0.05, 0.1) is 18.7 Å². The second-order valence-corrected chi connectivity index (χ2v) is 8.29. The van der Waals surface area contributed by atoms with Crippen molar-refractivity contribution >= 4 is 39.2 Å². The number of nitrogens with one attached hydrogen (secondary N) is 2. The van der Waals surface area contributed by atoms with Crippen LogP contribution in [-0.4, -0.2) is 77.5 Å². The number of methoxy groups -OCH3 is 1. The molecule has 1 aliphatic rings. The van der Waals surface area contributed by atoms with Gasteiger partial charge >= 0.3 is 0 Å². The predicted molar refractivity (Wildman–Crippen MR) is 132 cm³/mol. The van der Waals surface area contributed by atoms with E-state index in [0.29, 0.717) is 35.8 Å². The molecule has 0 bridgehead atoms. The number of amides is 1. The molecule has 0 spiro atoms. The van der Waals surface area contributed by atoms with E-state index in [9.17, 15) is 4.79 Å². The Morgan fingerprint density at radius 2 is 2.15 bits per heavy atom. The van der Waals surface area contributed by atoms with E-state index >= 15 is 0 Å². The number of aromatic nitrogens is 3. The van der Waals surface area contributed by atoms with Crippen molar-refractivity contribution in [2.75, 3.05) is 40.0 Å². The van der Waals surface area contributed by atoms with Crippen LogP contribution in [0.25, 0.3) is 21.8 Å². The molecule has 1 saturated heterocycles. The van der Waals surface area contributed by atoms with Crippen molar-refractivity contribution < 1.29 is 18.4 Å². The third-order valence-electron chi connectivity index (χ3n) is 5.99. The topological polar surface area (TPSA) is 95.6 Å². The number of hydrogen-bond acceptors (Lipinski definition) is 7. The number of carbonyl (C=O) groups excluding carboxylic acids is 1. The van der Waals surface area contributed by atoms with Gasteiger partial charge in [0.1, 0.15) is 18.2 Å². The zero-order valence-electron chi connectivity index (χ0n) is 21.8. The third-order valence-corrected chi connectivity index (χ3v) is 5.99. The summed E-state index contributed by atoms with van der Waals surface area (Å²) < 4.78 is 34.8. The highest BCUT2D eigenvalue weighted by Gasteiger charge is 2.36. The number of carbonyl (C=O) groups is 1. The summed E-state index contributed by atoms with van der Waals surface area (Å²) in [5.74, 6) is 1.26. The number of rotatable bonds is 6. The van der Waals surface area contributed by atoms with Crippen LogP contribution in [0.4, 0.5) is 11.5 Å². The maximum atomic E-state index is 12.8. The van der Waals surface area contributed by atoms with Gasteiger partial charge in [-0.05, 0) is 37.4 Å². The van der Waals surface area contributed by atoms with Crippen LogP contribution in [0.2, 0.25) is 0 Å². The molecule has 0 aliphatic carbocycles. The van der Waals surface area contributed by atoms with E-state index in [4.69, 9.17) is 13.6 Å². The third kappa shape index (κ3) is 4.10. The van der Waals surface area contributed by atoms with Crippen molar-refractivity contribution in [3.63, 3.8) is 0 Å². The van der Waals surface area contributed by atoms with Crippen molar-refractivity contribution in [2.45, 2.75) is 18.6 Å². The lowest BCUT2D eigenvalue weighted by molar-refractivity contribution is -0.133. The summed E-state index contributed by atoms with van der Waals surface area (Å²) in [5, 5.41) is 5.19. The number of nitrogens with zero attached hydrogens (tertiary/aromatic N) is 4. The molecule has 2 atom stereocenters. The number of benzene rings is 2. The first kappa shape index (κ1) is 18.6. The molecular formula is C25H28N6O3. The minimum atomic E-state index is -0.603. The predicted octanol–water partition coefficient (Wildman–Crippen LogP) is 3.40. The van der Waals surface area contributed by atoms with E-state index in [1.165, 1.54) is 6.33 Å². The molecule has 1 aliphatic heterocycles. The first-order chi connectivity index (χ1) is 18.0.